The van der Waals surface area contributed by atoms with Gasteiger partial charge >= 0.3 is 0 Å². The third-order valence-electron chi connectivity index (χ3n) is 4.91. The van der Waals surface area contributed by atoms with Crippen molar-refractivity contribution in [2.45, 2.75) is 45.1 Å². The normalized spacial score (nSPS) is 14.8. The van der Waals surface area contributed by atoms with Gasteiger partial charge in [0.15, 0.2) is 0 Å². The second-order valence-corrected chi connectivity index (χ2v) is 7.33. The first kappa shape index (κ1) is 21.6. The van der Waals surface area contributed by atoms with E-state index in [1.54, 1.807) is 18.1 Å². The maximum Gasteiger partial charge on any atom is 0.224 e. The molecule has 0 bridgehead atoms. The highest BCUT2D eigenvalue weighted by Gasteiger charge is 2.21. The molecule has 0 saturated heterocycles. The van der Waals surface area contributed by atoms with Crippen LogP contribution in [-0.2, 0) is 20.9 Å². The Morgan fingerprint density at radius 1 is 1.30 bits per heavy atom. The number of hydrogen-bond donors (Lipinski definition) is 1. The van der Waals surface area contributed by atoms with Gasteiger partial charge in [0.05, 0.1) is 6.61 Å². The molecule has 0 aliphatic heterocycles. The fraction of sp³-hybridized carbons (Fsp3) is 0.600. The van der Waals surface area contributed by atoms with Crippen molar-refractivity contribution in [1.82, 2.24) is 10.2 Å². The van der Waals surface area contributed by atoms with Gasteiger partial charge in [0.1, 0.15) is 5.82 Å². The molecule has 27 heavy (non-hydrogen) atoms. The van der Waals surface area contributed by atoms with Gasteiger partial charge in [-0.25, -0.2) is 4.39 Å². The number of benzene rings is 1. The van der Waals surface area contributed by atoms with Crippen molar-refractivity contribution in [3.05, 3.63) is 34.6 Å². The molecule has 150 valence electrons. The lowest BCUT2D eigenvalue weighted by atomic mass is 9.89. The second-order valence-electron chi connectivity index (χ2n) is 6.92. The topological polar surface area (TPSA) is 58.6 Å². The first-order valence-electron chi connectivity index (χ1n) is 9.49. The number of ether oxygens (including phenoxy) is 1. The van der Waals surface area contributed by atoms with Crippen LogP contribution in [0.4, 0.5) is 4.39 Å². The first-order chi connectivity index (χ1) is 13.0. The Hall–Kier alpha value is -1.66. The van der Waals surface area contributed by atoms with E-state index in [2.05, 4.69) is 5.32 Å². The highest BCUT2D eigenvalue weighted by molar-refractivity contribution is 6.31. The third-order valence-corrected chi connectivity index (χ3v) is 5.26. The Kier molecular flexibility index (Phi) is 9.01. The van der Waals surface area contributed by atoms with Gasteiger partial charge in [-0.15, -0.1) is 0 Å². The zero-order valence-electron chi connectivity index (χ0n) is 15.8. The molecule has 1 aliphatic carbocycles. The van der Waals surface area contributed by atoms with Crippen molar-refractivity contribution in [3.63, 3.8) is 0 Å². The summed E-state index contributed by atoms with van der Waals surface area (Å²) in [4.78, 5) is 26.4. The van der Waals surface area contributed by atoms with Crippen LogP contribution < -0.4 is 5.32 Å². The Morgan fingerprint density at radius 2 is 2.04 bits per heavy atom. The lowest BCUT2D eigenvalue weighted by Gasteiger charge is -2.24. The second kappa shape index (κ2) is 11.2. The summed E-state index contributed by atoms with van der Waals surface area (Å²) < 4.78 is 18.3. The molecular formula is C20H28ClFN2O3. The average Bonchev–Trinajstić information content (AvgIpc) is 2.67. The van der Waals surface area contributed by atoms with Crippen molar-refractivity contribution in [1.29, 1.82) is 0 Å². The van der Waals surface area contributed by atoms with E-state index in [1.165, 1.54) is 18.6 Å². The fourth-order valence-corrected chi connectivity index (χ4v) is 3.54. The standard InChI is InChI=1S/C20H28ClFN2O3/c1-27-12-11-24(14-16-7-8-17(22)13-18(16)21)19(25)9-10-23-20(26)15-5-3-2-4-6-15/h7-8,13,15H,2-6,9-12,14H2,1H3,(H,23,26). The smallest absolute Gasteiger partial charge is 0.224 e. The molecular weight excluding hydrogens is 371 g/mol. The zero-order valence-corrected chi connectivity index (χ0v) is 16.6. The lowest BCUT2D eigenvalue weighted by molar-refractivity contribution is -0.132. The van der Waals surface area contributed by atoms with Gasteiger partial charge in [-0.3, -0.25) is 9.59 Å². The fourth-order valence-electron chi connectivity index (χ4n) is 3.31. The van der Waals surface area contributed by atoms with Crippen LogP contribution in [0.15, 0.2) is 18.2 Å². The van der Waals surface area contributed by atoms with Gasteiger partial charge in [-0.1, -0.05) is 36.9 Å². The minimum absolute atomic E-state index is 0.0486. The zero-order chi connectivity index (χ0) is 19.6. The van der Waals surface area contributed by atoms with Crippen LogP contribution >= 0.6 is 11.6 Å². The Labute approximate surface area is 165 Å². The number of carbonyl (C=O) groups excluding carboxylic acids is 2. The molecule has 0 atom stereocenters. The van der Waals surface area contributed by atoms with Crippen LogP contribution in [0.3, 0.4) is 0 Å². The number of rotatable bonds is 9. The van der Waals surface area contributed by atoms with E-state index in [4.69, 9.17) is 16.3 Å². The maximum atomic E-state index is 13.2. The largest absolute Gasteiger partial charge is 0.383 e. The van der Waals surface area contributed by atoms with E-state index in [0.29, 0.717) is 25.3 Å². The Bertz CT molecular complexity index is 636. The van der Waals surface area contributed by atoms with Gasteiger partial charge in [-0.2, -0.15) is 0 Å². The Morgan fingerprint density at radius 3 is 2.70 bits per heavy atom. The molecule has 1 fully saturated rings. The predicted octanol–water partition coefficient (Wildman–Crippen LogP) is 3.54. The monoisotopic (exact) mass is 398 g/mol. The molecule has 7 heteroatoms. The summed E-state index contributed by atoms with van der Waals surface area (Å²) in [6, 6.07) is 4.14. The van der Waals surface area contributed by atoms with Crippen molar-refractivity contribution in [2.75, 3.05) is 26.8 Å². The molecule has 1 aromatic carbocycles. The number of nitrogens with one attached hydrogen (secondary N) is 1. The van der Waals surface area contributed by atoms with Gasteiger partial charge < -0.3 is 15.0 Å². The number of halogens is 2. The van der Waals surface area contributed by atoms with Crippen LogP contribution in [-0.4, -0.2) is 43.5 Å². The average molecular weight is 399 g/mol. The van der Waals surface area contributed by atoms with Crippen molar-refractivity contribution >= 4 is 23.4 Å². The maximum absolute atomic E-state index is 13.2. The molecule has 0 heterocycles. The van der Waals surface area contributed by atoms with Gasteiger partial charge in [0, 0.05) is 44.1 Å². The van der Waals surface area contributed by atoms with Crippen molar-refractivity contribution < 1.29 is 18.7 Å². The quantitative estimate of drug-likeness (QED) is 0.692. The molecule has 1 aliphatic rings. The van der Waals surface area contributed by atoms with E-state index in [9.17, 15) is 14.0 Å². The third kappa shape index (κ3) is 7.11. The number of hydrogen-bond acceptors (Lipinski definition) is 3. The molecule has 1 N–H and O–H groups in total. The minimum atomic E-state index is -0.413. The van der Waals surface area contributed by atoms with Crippen molar-refractivity contribution in [3.8, 4) is 0 Å². The predicted molar refractivity (Wildman–Crippen MR) is 103 cm³/mol. The van der Waals surface area contributed by atoms with Crippen molar-refractivity contribution in [2.24, 2.45) is 5.92 Å². The van der Waals surface area contributed by atoms with E-state index in [-0.39, 0.29) is 35.7 Å². The molecule has 0 unspecified atom stereocenters. The highest BCUT2D eigenvalue weighted by atomic mass is 35.5. The van der Waals surface area contributed by atoms with Crippen LogP contribution in [0.2, 0.25) is 5.02 Å². The number of carbonyl (C=O) groups is 2. The highest BCUT2D eigenvalue weighted by Crippen LogP contribution is 2.23. The van der Waals surface area contributed by atoms with Gasteiger partial charge in [0.25, 0.3) is 0 Å². The summed E-state index contributed by atoms with van der Waals surface area (Å²) in [6.45, 7) is 1.38. The van der Waals surface area contributed by atoms with E-state index in [1.807, 2.05) is 0 Å². The summed E-state index contributed by atoms with van der Waals surface area (Å²) >= 11 is 6.08. The van der Waals surface area contributed by atoms with Crippen LogP contribution in [0.25, 0.3) is 0 Å². The minimum Gasteiger partial charge on any atom is -0.383 e. The Balaban J connectivity index is 1.86. The SMILES string of the molecule is COCCN(Cc1ccc(F)cc1Cl)C(=O)CCNC(=O)C1CCCCC1. The summed E-state index contributed by atoms with van der Waals surface area (Å²) in [5, 5.41) is 3.17. The van der Waals surface area contributed by atoms with Gasteiger partial charge in [-0.05, 0) is 30.5 Å². The molecule has 0 radical (unpaired) electrons. The number of nitrogens with zero attached hydrogens (tertiary/aromatic N) is 1. The van der Waals surface area contributed by atoms with Crippen LogP contribution in [0.1, 0.15) is 44.1 Å². The number of methoxy groups -OCH3 is 1. The first-order valence-corrected chi connectivity index (χ1v) is 9.87. The number of amides is 2. The molecule has 1 aromatic rings. The molecule has 0 aromatic heterocycles. The molecule has 2 rings (SSSR count). The van der Waals surface area contributed by atoms with Crippen LogP contribution in [0.5, 0.6) is 0 Å². The van der Waals surface area contributed by atoms with E-state index < -0.39 is 5.82 Å². The van der Waals surface area contributed by atoms with E-state index >= 15 is 0 Å². The molecule has 5 nitrogen and oxygen atoms in total. The molecule has 1 saturated carbocycles. The van der Waals surface area contributed by atoms with Crippen LogP contribution in [0, 0.1) is 11.7 Å². The summed E-state index contributed by atoms with van der Waals surface area (Å²) in [7, 11) is 1.57. The van der Waals surface area contributed by atoms with E-state index in [0.717, 1.165) is 25.7 Å². The summed E-state index contributed by atoms with van der Waals surface area (Å²) in [5.41, 5.74) is 0.675. The van der Waals surface area contributed by atoms with Gasteiger partial charge in [0.2, 0.25) is 11.8 Å². The molecule has 2 amide bonds. The lowest BCUT2D eigenvalue weighted by Crippen LogP contribution is -2.38. The summed E-state index contributed by atoms with van der Waals surface area (Å²) in [6.07, 6.45) is 5.47. The summed E-state index contributed by atoms with van der Waals surface area (Å²) in [5.74, 6) is -0.385. The molecule has 0 spiro atoms.